The third-order valence-corrected chi connectivity index (χ3v) is 4.46. The standard InChI is InChI=1S/C18H23FN4O3/c1-4-25-18(24)23-8-7-22(13(3)10-23)11-16-20-17(26-21-16)14-9-12(2)5-6-15(14)19/h5-6,9,13H,4,7-8,10-11H2,1-3H3. The van der Waals surface area contributed by atoms with Gasteiger partial charge < -0.3 is 14.2 Å². The van der Waals surface area contributed by atoms with Crippen LogP contribution in [0.25, 0.3) is 11.5 Å². The van der Waals surface area contributed by atoms with Crippen LogP contribution in [0, 0.1) is 12.7 Å². The molecule has 8 heteroatoms. The van der Waals surface area contributed by atoms with E-state index in [1.54, 1.807) is 24.0 Å². The lowest BCUT2D eigenvalue weighted by Crippen LogP contribution is -2.53. The number of aromatic nitrogens is 2. The molecule has 0 radical (unpaired) electrons. The van der Waals surface area contributed by atoms with E-state index in [1.807, 2.05) is 13.8 Å². The van der Waals surface area contributed by atoms with Crippen LogP contribution in [0.1, 0.15) is 25.2 Å². The third kappa shape index (κ3) is 4.01. The van der Waals surface area contributed by atoms with Gasteiger partial charge in [-0.15, -0.1) is 0 Å². The number of halogens is 1. The largest absolute Gasteiger partial charge is 0.450 e. The zero-order chi connectivity index (χ0) is 18.7. The van der Waals surface area contributed by atoms with Gasteiger partial charge in [-0.3, -0.25) is 4.90 Å². The molecule has 0 bridgehead atoms. The summed E-state index contributed by atoms with van der Waals surface area (Å²) in [6, 6.07) is 4.91. The van der Waals surface area contributed by atoms with Gasteiger partial charge in [0.25, 0.3) is 5.89 Å². The van der Waals surface area contributed by atoms with E-state index in [9.17, 15) is 9.18 Å². The number of hydrogen-bond donors (Lipinski definition) is 0. The first kappa shape index (κ1) is 18.3. The summed E-state index contributed by atoms with van der Waals surface area (Å²) in [5.41, 5.74) is 1.23. The highest BCUT2D eigenvalue weighted by atomic mass is 19.1. The van der Waals surface area contributed by atoms with Crippen molar-refractivity contribution in [2.24, 2.45) is 0 Å². The molecule has 1 fully saturated rings. The Kier molecular flexibility index (Phi) is 5.51. The fourth-order valence-electron chi connectivity index (χ4n) is 3.02. The lowest BCUT2D eigenvalue weighted by atomic mass is 10.1. The molecule has 7 nitrogen and oxygen atoms in total. The van der Waals surface area contributed by atoms with Gasteiger partial charge in [-0.05, 0) is 32.9 Å². The fraction of sp³-hybridized carbons (Fsp3) is 0.500. The predicted octanol–water partition coefficient (Wildman–Crippen LogP) is 2.85. The van der Waals surface area contributed by atoms with Crippen LogP contribution in [0.2, 0.25) is 0 Å². The van der Waals surface area contributed by atoms with E-state index in [-0.39, 0.29) is 23.8 Å². The van der Waals surface area contributed by atoms with E-state index in [2.05, 4.69) is 15.0 Å². The van der Waals surface area contributed by atoms with Gasteiger partial charge in [-0.1, -0.05) is 16.8 Å². The Morgan fingerprint density at radius 2 is 2.23 bits per heavy atom. The molecule has 0 spiro atoms. The van der Waals surface area contributed by atoms with Gasteiger partial charge >= 0.3 is 6.09 Å². The Morgan fingerprint density at radius 3 is 2.96 bits per heavy atom. The molecule has 1 aromatic carbocycles. The van der Waals surface area contributed by atoms with Crippen molar-refractivity contribution >= 4 is 6.09 Å². The second-order valence-electron chi connectivity index (χ2n) is 6.46. The van der Waals surface area contributed by atoms with Gasteiger partial charge in [-0.25, -0.2) is 9.18 Å². The van der Waals surface area contributed by atoms with Crippen molar-refractivity contribution < 1.29 is 18.4 Å². The van der Waals surface area contributed by atoms with E-state index < -0.39 is 0 Å². The molecule has 2 aromatic rings. The molecule has 1 aliphatic heterocycles. The number of benzene rings is 1. The second-order valence-corrected chi connectivity index (χ2v) is 6.46. The maximum absolute atomic E-state index is 14.0. The maximum Gasteiger partial charge on any atom is 0.409 e. The van der Waals surface area contributed by atoms with Crippen molar-refractivity contribution in [3.63, 3.8) is 0 Å². The van der Waals surface area contributed by atoms with E-state index in [1.165, 1.54) is 6.07 Å². The predicted molar refractivity (Wildman–Crippen MR) is 92.9 cm³/mol. The summed E-state index contributed by atoms with van der Waals surface area (Å²) in [6.07, 6.45) is -0.282. The minimum absolute atomic E-state index is 0.130. The third-order valence-electron chi connectivity index (χ3n) is 4.46. The first-order valence-corrected chi connectivity index (χ1v) is 8.72. The van der Waals surface area contributed by atoms with Gasteiger partial charge in [0.1, 0.15) is 5.82 Å². The molecular formula is C18H23FN4O3. The van der Waals surface area contributed by atoms with E-state index in [0.717, 1.165) is 5.56 Å². The number of piperazine rings is 1. The van der Waals surface area contributed by atoms with Crippen molar-refractivity contribution in [1.29, 1.82) is 0 Å². The molecule has 3 rings (SSSR count). The molecule has 1 aliphatic rings. The highest BCUT2D eigenvalue weighted by Gasteiger charge is 2.28. The summed E-state index contributed by atoms with van der Waals surface area (Å²) in [7, 11) is 0. The number of hydrogen-bond acceptors (Lipinski definition) is 6. The summed E-state index contributed by atoms with van der Waals surface area (Å²) >= 11 is 0. The van der Waals surface area contributed by atoms with Crippen molar-refractivity contribution in [1.82, 2.24) is 19.9 Å². The van der Waals surface area contributed by atoms with E-state index in [4.69, 9.17) is 9.26 Å². The Morgan fingerprint density at radius 1 is 1.42 bits per heavy atom. The average Bonchev–Trinajstić information content (AvgIpc) is 3.07. The molecule has 1 amide bonds. The molecule has 0 N–H and O–H groups in total. The van der Waals surface area contributed by atoms with Gasteiger partial charge in [-0.2, -0.15) is 4.98 Å². The van der Waals surface area contributed by atoms with Crippen LogP contribution in [-0.2, 0) is 11.3 Å². The first-order valence-electron chi connectivity index (χ1n) is 8.72. The minimum atomic E-state index is -0.387. The molecular weight excluding hydrogens is 339 g/mol. The molecule has 1 unspecified atom stereocenters. The average molecular weight is 362 g/mol. The van der Waals surface area contributed by atoms with Crippen LogP contribution in [-0.4, -0.2) is 58.3 Å². The molecule has 1 atom stereocenters. The smallest absolute Gasteiger partial charge is 0.409 e. The maximum atomic E-state index is 14.0. The number of rotatable bonds is 4. The van der Waals surface area contributed by atoms with Crippen molar-refractivity contribution in [3.8, 4) is 11.5 Å². The zero-order valence-electron chi connectivity index (χ0n) is 15.2. The van der Waals surface area contributed by atoms with Crippen molar-refractivity contribution in [3.05, 3.63) is 35.4 Å². The van der Waals surface area contributed by atoms with Crippen LogP contribution >= 0.6 is 0 Å². The number of aryl methyl sites for hydroxylation is 1. The lowest BCUT2D eigenvalue weighted by molar-refractivity contribution is 0.0531. The van der Waals surface area contributed by atoms with Crippen LogP contribution in [0.3, 0.4) is 0 Å². The van der Waals surface area contributed by atoms with Crippen molar-refractivity contribution in [2.45, 2.75) is 33.4 Å². The topological polar surface area (TPSA) is 71.7 Å². The quantitative estimate of drug-likeness (QED) is 0.833. The van der Waals surface area contributed by atoms with Crippen LogP contribution in [0.15, 0.2) is 22.7 Å². The first-order chi connectivity index (χ1) is 12.5. The molecule has 140 valence electrons. The number of nitrogens with zero attached hydrogens (tertiary/aromatic N) is 4. The molecule has 26 heavy (non-hydrogen) atoms. The minimum Gasteiger partial charge on any atom is -0.450 e. The summed E-state index contributed by atoms with van der Waals surface area (Å²) in [4.78, 5) is 20.0. The van der Waals surface area contributed by atoms with E-state index >= 15 is 0 Å². The lowest BCUT2D eigenvalue weighted by Gasteiger charge is -2.38. The van der Waals surface area contributed by atoms with Gasteiger partial charge in [0.15, 0.2) is 5.82 Å². The fourth-order valence-corrected chi connectivity index (χ4v) is 3.02. The SMILES string of the molecule is CCOC(=O)N1CCN(Cc2noc(-c3cc(C)ccc3F)n2)C(C)C1. The molecule has 2 heterocycles. The van der Waals surface area contributed by atoms with Crippen LogP contribution in [0.5, 0.6) is 0 Å². The molecule has 0 aliphatic carbocycles. The van der Waals surface area contributed by atoms with Crippen LogP contribution < -0.4 is 0 Å². The highest BCUT2D eigenvalue weighted by Crippen LogP contribution is 2.23. The summed E-state index contributed by atoms with van der Waals surface area (Å²) in [5, 5.41) is 3.98. The highest BCUT2D eigenvalue weighted by molar-refractivity contribution is 5.67. The Balaban J connectivity index is 1.65. The number of carbonyl (C=O) groups is 1. The summed E-state index contributed by atoms with van der Waals surface area (Å²) < 4.78 is 24.3. The molecule has 1 saturated heterocycles. The second kappa shape index (κ2) is 7.82. The zero-order valence-corrected chi connectivity index (χ0v) is 15.2. The number of carbonyl (C=O) groups excluding carboxylic acids is 1. The van der Waals surface area contributed by atoms with Gasteiger partial charge in [0.05, 0.1) is 18.7 Å². The molecule has 0 saturated carbocycles. The number of amides is 1. The Hall–Kier alpha value is -2.48. The normalized spacial score (nSPS) is 18.2. The van der Waals surface area contributed by atoms with Gasteiger partial charge in [0.2, 0.25) is 0 Å². The summed E-state index contributed by atoms with van der Waals surface area (Å²) in [6.45, 7) is 8.41. The van der Waals surface area contributed by atoms with E-state index in [0.29, 0.717) is 44.2 Å². The van der Waals surface area contributed by atoms with Crippen molar-refractivity contribution in [2.75, 3.05) is 26.2 Å². The number of ether oxygens (including phenoxy) is 1. The van der Waals surface area contributed by atoms with Crippen LogP contribution in [0.4, 0.5) is 9.18 Å². The molecule has 1 aromatic heterocycles. The monoisotopic (exact) mass is 362 g/mol. The van der Waals surface area contributed by atoms with Gasteiger partial charge in [0, 0.05) is 25.7 Å². The Labute approximate surface area is 151 Å². The Bertz CT molecular complexity index is 780. The summed E-state index contributed by atoms with van der Waals surface area (Å²) in [5.74, 6) is 0.290.